The van der Waals surface area contributed by atoms with Gasteiger partial charge in [-0.15, -0.1) is 0 Å². The number of aromatic nitrogens is 2. The van der Waals surface area contributed by atoms with Crippen LogP contribution in [-0.2, 0) is 7.05 Å². The molecule has 3 rings (SSSR count). The van der Waals surface area contributed by atoms with Crippen molar-refractivity contribution in [3.05, 3.63) is 46.4 Å². The van der Waals surface area contributed by atoms with Gasteiger partial charge in [-0.2, -0.15) is 0 Å². The lowest BCUT2D eigenvalue weighted by Crippen LogP contribution is -2.21. The van der Waals surface area contributed by atoms with Gasteiger partial charge in [-0.25, -0.2) is 4.68 Å². The van der Waals surface area contributed by atoms with Gasteiger partial charge in [0.25, 0.3) is 5.56 Å². The molecule has 6 heteroatoms. The normalized spacial score (nSPS) is 17.9. The van der Waals surface area contributed by atoms with Gasteiger partial charge in [0.15, 0.2) is 5.17 Å². The summed E-state index contributed by atoms with van der Waals surface area (Å²) in [4.78, 5) is 17.1. The Hall–Kier alpha value is -1.95. The Labute approximate surface area is 127 Å². The molecule has 0 fully saturated rings. The van der Waals surface area contributed by atoms with E-state index in [1.807, 2.05) is 49.0 Å². The first-order chi connectivity index (χ1) is 10.1. The summed E-state index contributed by atoms with van der Waals surface area (Å²) < 4.78 is 3.53. The predicted octanol–water partition coefficient (Wildman–Crippen LogP) is 2.39. The highest BCUT2D eigenvalue weighted by Gasteiger charge is 2.20. The summed E-state index contributed by atoms with van der Waals surface area (Å²) >= 11 is 1.67. The van der Waals surface area contributed by atoms with Gasteiger partial charge in [-0.3, -0.25) is 14.5 Å². The molecule has 110 valence electrons. The zero-order valence-corrected chi connectivity index (χ0v) is 13.1. The second-order valence-electron chi connectivity index (χ2n) is 5.14. The van der Waals surface area contributed by atoms with Gasteiger partial charge in [0.05, 0.1) is 17.9 Å². The van der Waals surface area contributed by atoms with E-state index in [1.165, 1.54) is 0 Å². The molecule has 21 heavy (non-hydrogen) atoms. The van der Waals surface area contributed by atoms with Crippen molar-refractivity contribution in [1.82, 2.24) is 9.36 Å². The summed E-state index contributed by atoms with van der Waals surface area (Å²) in [6, 6.07) is 9.64. The van der Waals surface area contributed by atoms with E-state index in [-0.39, 0.29) is 5.56 Å². The van der Waals surface area contributed by atoms with Crippen LogP contribution >= 0.6 is 11.8 Å². The summed E-state index contributed by atoms with van der Waals surface area (Å²) in [7, 11) is 1.89. The number of anilines is 1. The third-order valence-electron chi connectivity index (χ3n) is 3.59. The molecule has 0 spiro atoms. The zero-order chi connectivity index (χ0) is 15.0. The molecule has 0 saturated carbocycles. The Kier molecular flexibility index (Phi) is 3.63. The molecule has 1 N–H and O–H groups in total. The van der Waals surface area contributed by atoms with Crippen LogP contribution in [0.15, 0.2) is 40.1 Å². The van der Waals surface area contributed by atoms with E-state index in [4.69, 9.17) is 0 Å². The highest BCUT2D eigenvalue weighted by atomic mass is 32.2. The highest BCUT2D eigenvalue weighted by molar-refractivity contribution is 8.15. The molecule has 1 aliphatic heterocycles. The van der Waals surface area contributed by atoms with Gasteiger partial charge in [-0.05, 0) is 19.1 Å². The van der Waals surface area contributed by atoms with Gasteiger partial charge >= 0.3 is 0 Å². The minimum Gasteiger partial charge on any atom is -0.329 e. The SMILES string of the molecule is Cc1c(NC2=NC[C@H](C)S2)c(=O)n(-c2ccccc2)n1C. The largest absolute Gasteiger partial charge is 0.329 e. The van der Waals surface area contributed by atoms with E-state index >= 15 is 0 Å². The number of benzene rings is 1. The molecular formula is C15H18N4OS. The Morgan fingerprint density at radius 3 is 2.67 bits per heavy atom. The Balaban J connectivity index is 2.02. The van der Waals surface area contributed by atoms with Crippen LogP contribution in [0.5, 0.6) is 0 Å². The summed E-state index contributed by atoms with van der Waals surface area (Å²) in [5, 5.41) is 4.49. The molecule has 0 aliphatic carbocycles. The topological polar surface area (TPSA) is 51.3 Å². The zero-order valence-electron chi connectivity index (χ0n) is 12.3. The van der Waals surface area contributed by atoms with E-state index in [2.05, 4.69) is 17.2 Å². The quantitative estimate of drug-likeness (QED) is 0.926. The van der Waals surface area contributed by atoms with E-state index in [1.54, 1.807) is 16.4 Å². The number of aliphatic imine (C=N–C) groups is 1. The fourth-order valence-corrected chi connectivity index (χ4v) is 3.21. The fourth-order valence-electron chi connectivity index (χ4n) is 2.36. The molecule has 0 amide bonds. The van der Waals surface area contributed by atoms with Crippen LogP contribution in [0.1, 0.15) is 12.6 Å². The lowest BCUT2D eigenvalue weighted by Gasteiger charge is -2.07. The van der Waals surface area contributed by atoms with Crippen molar-refractivity contribution in [3.63, 3.8) is 0 Å². The van der Waals surface area contributed by atoms with Crippen LogP contribution in [0.4, 0.5) is 5.69 Å². The average molecular weight is 302 g/mol. The van der Waals surface area contributed by atoms with Crippen LogP contribution in [0.25, 0.3) is 5.69 Å². The van der Waals surface area contributed by atoms with E-state index < -0.39 is 0 Å². The van der Waals surface area contributed by atoms with Crippen molar-refractivity contribution in [3.8, 4) is 5.69 Å². The number of nitrogens with zero attached hydrogens (tertiary/aromatic N) is 3. The number of nitrogens with one attached hydrogen (secondary N) is 1. The van der Waals surface area contributed by atoms with Crippen molar-refractivity contribution >= 4 is 22.6 Å². The van der Waals surface area contributed by atoms with Gasteiger partial charge in [-0.1, -0.05) is 36.9 Å². The van der Waals surface area contributed by atoms with Crippen molar-refractivity contribution in [2.75, 3.05) is 11.9 Å². The third-order valence-corrected chi connectivity index (χ3v) is 4.60. The summed E-state index contributed by atoms with van der Waals surface area (Å²) in [5.41, 5.74) is 2.30. The average Bonchev–Trinajstić information content (AvgIpc) is 2.98. The lowest BCUT2D eigenvalue weighted by atomic mass is 10.3. The van der Waals surface area contributed by atoms with Crippen molar-refractivity contribution < 1.29 is 0 Å². The van der Waals surface area contributed by atoms with Crippen LogP contribution in [0, 0.1) is 6.92 Å². The first kappa shape index (κ1) is 14.0. The molecule has 0 saturated heterocycles. The second kappa shape index (κ2) is 5.44. The Bertz CT molecular complexity index is 745. The lowest BCUT2D eigenvalue weighted by molar-refractivity contribution is 0.630. The van der Waals surface area contributed by atoms with E-state index in [0.717, 1.165) is 23.1 Å². The maximum absolute atomic E-state index is 12.7. The van der Waals surface area contributed by atoms with Crippen molar-refractivity contribution in [2.45, 2.75) is 19.1 Å². The first-order valence-corrected chi connectivity index (χ1v) is 7.78. The molecule has 0 unspecified atom stereocenters. The number of amidine groups is 1. The molecule has 2 aromatic rings. The summed E-state index contributed by atoms with van der Waals surface area (Å²) in [6.45, 7) is 4.86. The standard InChI is InChI=1S/C15H18N4OS/c1-10-9-16-15(21-10)17-13-11(2)18(3)19(14(13)20)12-7-5-4-6-8-12/h4-8,10H,9H2,1-3H3,(H,16,17)/t10-/m0/s1. The number of thioether (sulfide) groups is 1. The van der Waals surface area contributed by atoms with Crippen molar-refractivity contribution in [1.29, 1.82) is 0 Å². The third kappa shape index (κ3) is 2.51. The fraction of sp³-hybridized carbons (Fsp3) is 0.333. The molecule has 0 radical (unpaired) electrons. The molecule has 1 aromatic carbocycles. The number of hydrogen-bond donors (Lipinski definition) is 1. The van der Waals surface area contributed by atoms with E-state index in [0.29, 0.717) is 10.9 Å². The molecular weight excluding hydrogens is 284 g/mol. The number of para-hydroxylation sites is 1. The maximum atomic E-state index is 12.7. The molecule has 5 nitrogen and oxygen atoms in total. The van der Waals surface area contributed by atoms with Gasteiger partial charge in [0, 0.05) is 12.3 Å². The van der Waals surface area contributed by atoms with Crippen LogP contribution in [0.3, 0.4) is 0 Å². The molecule has 2 heterocycles. The Morgan fingerprint density at radius 1 is 1.33 bits per heavy atom. The van der Waals surface area contributed by atoms with Crippen LogP contribution in [-0.4, -0.2) is 26.3 Å². The predicted molar refractivity (Wildman–Crippen MR) is 88.7 cm³/mol. The van der Waals surface area contributed by atoms with E-state index in [9.17, 15) is 4.79 Å². The highest BCUT2D eigenvalue weighted by Crippen LogP contribution is 2.22. The van der Waals surface area contributed by atoms with Crippen LogP contribution in [0.2, 0.25) is 0 Å². The number of rotatable bonds is 2. The molecule has 1 atom stereocenters. The first-order valence-electron chi connectivity index (χ1n) is 6.90. The summed E-state index contributed by atoms with van der Waals surface area (Å²) in [5.74, 6) is 0. The van der Waals surface area contributed by atoms with Gasteiger partial charge in [0.2, 0.25) is 0 Å². The number of hydrogen-bond acceptors (Lipinski definition) is 4. The molecule has 1 aliphatic rings. The molecule has 0 bridgehead atoms. The van der Waals surface area contributed by atoms with Gasteiger partial charge in [0.1, 0.15) is 5.69 Å². The van der Waals surface area contributed by atoms with Crippen molar-refractivity contribution in [2.24, 2.45) is 12.0 Å². The second-order valence-corrected chi connectivity index (χ2v) is 6.56. The smallest absolute Gasteiger partial charge is 0.295 e. The minimum atomic E-state index is -0.0518. The minimum absolute atomic E-state index is 0.0518. The maximum Gasteiger partial charge on any atom is 0.295 e. The summed E-state index contributed by atoms with van der Waals surface area (Å²) in [6.07, 6.45) is 0. The molecule has 1 aromatic heterocycles. The Morgan fingerprint density at radius 2 is 2.05 bits per heavy atom. The monoisotopic (exact) mass is 302 g/mol. The van der Waals surface area contributed by atoms with Crippen LogP contribution < -0.4 is 10.9 Å². The van der Waals surface area contributed by atoms with Gasteiger partial charge < -0.3 is 5.32 Å².